The van der Waals surface area contributed by atoms with Gasteiger partial charge < -0.3 is 11.1 Å². The number of aromatic nitrogens is 1. The van der Waals surface area contributed by atoms with Gasteiger partial charge in [-0.05, 0) is 24.5 Å². The first-order chi connectivity index (χ1) is 7.96. The molecule has 0 amide bonds. The average Bonchev–Trinajstić information content (AvgIpc) is 2.60. The zero-order chi connectivity index (χ0) is 12.5. The van der Waals surface area contributed by atoms with Crippen LogP contribution in [0.15, 0.2) is 12.1 Å². The summed E-state index contributed by atoms with van der Waals surface area (Å²) in [7, 11) is -2.84. The highest BCUT2D eigenvalue weighted by Crippen LogP contribution is 2.22. The summed E-state index contributed by atoms with van der Waals surface area (Å²) in [6.45, 7) is 0.552. The predicted molar refractivity (Wildman–Crippen MR) is 68.9 cm³/mol. The van der Waals surface area contributed by atoms with Gasteiger partial charge in [0.05, 0.1) is 17.2 Å². The normalized spacial score (nSPS) is 22.5. The molecule has 94 valence electrons. The van der Waals surface area contributed by atoms with E-state index < -0.39 is 9.84 Å². The molecule has 2 heterocycles. The third-order valence-corrected chi connectivity index (χ3v) is 4.82. The van der Waals surface area contributed by atoms with Gasteiger partial charge in [-0.3, -0.25) is 0 Å². The van der Waals surface area contributed by atoms with E-state index in [1.807, 2.05) is 0 Å². The molecule has 0 saturated carbocycles. The van der Waals surface area contributed by atoms with Crippen LogP contribution in [0, 0.1) is 5.92 Å². The summed E-state index contributed by atoms with van der Waals surface area (Å²) in [6, 6.07) is 3.28. The Bertz CT molecular complexity index is 518. The molecule has 0 spiro atoms. The number of nitrogens with two attached hydrogens (primary N) is 1. The van der Waals surface area contributed by atoms with Crippen LogP contribution in [0.4, 0.5) is 11.5 Å². The predicted octanol–water partition coefficient (Wildman–Crippen LogP) is 1.16. The third-order valence-electron chi connectivity index (χ3n) is 2.78. The molecule has 0 radical (unpaired) electrons. The molecule has 0 aliphatic carbocycles. The highest BCUT2D eigenvalue weighted by Gasteiger charge is 2.27. The molecule has 1 aliphatic rings. The molecule has 1 unspecified atom stereocenters. The minimum Gasteiger partial charge on any atom is -0.396 e. The van der Waals surface area contributed by atoms with Crippen LogP contribution >= 0.6 is 11.6 Å². The van der Waals surface area contributed by atoms with E-state index in [0.29, 0.717) is 29.6 Å². The van der Waals surface area contributed by atoms with Gasteiger partial charge in [0.25, 0.3) is 0 Å². The lowest BCUT2D eigenvalue weighted by Crippen LogP contribution is -2.17. The van der Waals surface area contributed by atoms with Gasteiger partial charge in [0, 0.05) is 6.54 Å². The monoisotopic (exact) mass is 275 g/mol. The molecule has 0 aromatic carbocycles. The first-order valence-corrected chi connectivity index (χ1v) is 7.52. The highest BCUT2D eigenvalue weighted by molar-refractivity contribution is 7.91. The number of anilines is 2. The quantitative estimate of drug-likeness (QED) is 0.809. The number of halogens is 1. The molecule has 1 saturated heterocycles. The molecular formula is C10H14ClN3O2S. The summed E-state index contributed by atoms with van der Waals surface area (Å²) in [5.74, 6) is 1.15. The fourth-order valence-electron chi connectivity index (χ4n) is 1.86. The molecular weight excluding hydrogens is 262 g/mol. The van der Waals surface area contributed by atoms with E-state index in [1.54, 1.807) is 12.1 Å². The summed E-state index contributed by atoms with van der Waals surface area (Å²) in [5.41, 5.74) is 6.24. The second-order valence-electron chi connectivity index (χ2n) is 4.22. The standard InChI is InChI=1S/C10H14ClN3O2S/c11-9-2-1-8(12)10(14-9)13-5-7-3-4-17(15,16)6-7/h1-2,7H,3-6,12H2,(H,13,14). The van der Waals surface area contributed by atoms with Gasteiger partial charge in [0.15, 0.2) is 15.7 Å². The summed E-state index contributed by atoms with van der Waals surface area (Å²) in [5, 5.41) is 3.41. The minimum atomic E-state index is -2.84. The van der Waals surface area contributed by atoms with Gasteiger partial charge in [-0.15, -0.1) is 0 Å². The van der Waals surface area contributed by atoms with Gasteiger partial charge in [0.2, 0.25) is 0 Å². The molecule has 1 fully saturated rings. The van der Waals surface area contributed by atoms with Crippen LogP contribution in [-0.2, 0) is 9.84 Å². The lowest BCUT2D eigenvalue weighted by atomic mass is 10.1. The van der Waals surface area contributed by atoms with E-state index in [1.165, 1.54) is 0 Å². The largest absolute Gasteiger partial charge is 0.396 e. The molecule has 3 N–H and O–H groups in total. The number of sulfone groups is 1. The number of nitrogen functional groups attached to an aromatic ring is 1. The molecule has 0 bridgehead atoms. The maximum atomic E-state index is 11.3. The Morgan fingerprint density at radius 1 is 1.53 bits per heavy atom. The van der Waals surface area contributed by atoms with Crippen molar-refractivity contribution in [3.05, 3.63) is 17.3 Å². The number of rotatable bonds is 3. The topological polar surface area (TPSA) is 85.1 Å². The smallest absolute Gasteiger partial charge is 0.150 e. The van der Waals surface area contributed by atoms with Crippen LogP contribution in [0.3, 0.4) is 0 Å². The van der Waals surface area contributed by atoms with E-state index in [0.717, 1.165) is 0 Å². The van der Waals surface area contributed by atoms with E-state index in [-0.39, 0.29) is 17.4 Å². The third kappa shape index (κ3) is 3.23. The number of hydrogen-bond donors (Lipinski definition) is 2. The van der Waals surface area contributed by atoms with Crippen LogP contribution in [0.2, 0.25) is 5.15 Å². The summed E-state index contributed by atoms with van der Waals surface area (Å²) >= 11 is 5.75. The van der Waals surface area contributed by atoms with Crippen molar-refractivity contribution in [3.8, 4) is 0 Å². The molecule has 1 atom stereocenters. The van der Waals surface area contributed by atoms with Crippen molar-refractivity contribution in [2.75, 3.05) is 29.1 Å². The van der Waals surface area contributed by atoms with E-state index in [9.17, 15) is 8.42 Å². The molecule has 2 rings (SSSR count). The Morgan fingerprint density at radius 2 is 2.29 bits per heavy atom. The Balaban J connectivity index is 1.97. The van der Waals surface area contributed by atoms with Crippen LogP contribution < -0.4 is 11.1 Å². The molecule has 1 aliphatic heterocycles. The second-order valence-corrected chi connectivity index (χ2v) is 6.84. The minimum absolute atomic E-state index is 0.125. The first kappa shape index (κ1) is 12.4. The maximum absolute atomic E-state index is 11.3. The van der Waals surface area contributed by atoms with Crippen molar-refractivity contribution in [1.82, 2.24) is 4.98 Å². The highest BCUT2D eigenvalue weighted by atomic mass is 35.5. The Kier molecular flexibility index (Phi) is 3.44. The Hall–Kier alpha value is -1.01. The molecule has 17 heavy (non-hydrogen) atoms. The summed E-state index contributed by atoms with van der Waals surface area (Å²) in [6.07, 6.45) is 0.690. The van der Waals surface area contributed by atoms with Crippen molar-refractivity contribution in [3.63, 3.8) is 0 Å². The number of nitrogens with zero attached hydrogens (tertiary/aromatic N) is 1. The van der Waals surface area contributed by atoms with Crippen molar-refractivity contribution in [2.45, 2.75) is 6.42 Å². The Morgan fingerprint density at radius 3 is 2.94 bits per heavy atom. The van der Waals surface area contributed by atoms with Crippen LogP contribution in [-0.4, -0.2) is 31.5 Å². The van der Waals surface area contributed by atoms with E-state index >= 15 is 0 Å². The Labute approximate surface area is 105 Å². The van der Waals surface area contributed by atoms with Gasteiger partial charge in [-0.2, -0.15) is 0 Å². The molecule has 5 nitrogen and oxygen atoms in total. The number of nitrogens with one attached hydrogen (secondary N) is 1. The number of hydrogen-bond acceptors (Lipinski definition) is 5. The van der Waals surface area contributed by atoms with Gasteiger partial charge in [-0.25, -0.2) is 13.4 Å². The molecule has 1 aromatic heterocycles. The van der Waals surface area contributed by atoms with E-state index in [4.69, 9.17) is 17.3 Å². The van der Waals surface area contributed by atoms with Gasteiger partial charge in [-0.1, -0.05) is 11.6 Å². The second kappa shape index (κ2) is 4.70. The zero-order valence-corrected chi connectivity index (χ0v) is 10.8. The molecule has 1 aromatic rings. The van der Waals surface area contributed by atoms with Crippen LogP contribution in [0.1, 0.15) is 6.42 Å². The van der Waals surface area contributed by atoms with Crippen molar-refractivity contribution < 1.29 is 8.42 Å². The maximum Gasteiger partial charge on any atom is 0.150 e. The van der Waals surface area contributed by atoms with Gasteiger partial charge in [0.1, 0.15) is 5.15 Å². The van der Waals surface area contributed by atoms with Crippen molar-refractivity contribution in [1.29, 1.82) is 0 Å². The lowest BCUT2D eigenvalue weighted by molar-refractivity contribution is 0.596. The van der Waals surface area contributed by atoms with Crippen LogP contribution in [0.5, 0.6) is 0 Å². The fraction of sp³-hybridized carbons (Fsp3) is 0.500. The zero-order valence-electron chi connectivity index (χ0n) is 9.19. The van der Waals surface area contributed by atoms with Crippen LogP contribution in [0.25, 0.3) is 0 Å². The summed E-state index contributed by atoms with van der Waals surface area (Å²) in [4.78, 5) is 4.05. The van der Waals surface area contributed by atoms with Crippen molar-refractivity contribution in [2.24, 2.45) is 5.92 Å². The SMILES string of the molecule is Nc1ccc(Cl)nc1NCC1CCS(=O)(=O)C1. The first-order valence-electron chi connectivity index (χ1n) is 5.32. The number of pyridine rings is 1. The van der Waals surface area contributed by atoms with Crippen molar-refractivity contribution >= 4 is 32.9 Å². The summed E-state index contributed by atoms with van der Waals surface area (Å²) < 4.78 is 22.6. The van der Waals surface area contributed by atoms with Gasteiger partial charge >= 0.3 is 0 Å². The fourth-order valence-corrected chi connectivity index (χ4v) is 3.87. The van der Waals surface area contributed by atoms with E-state index in [2.05, 4.69) is 10.3 Å². The molecule has 7 heteroatoms. The average molecular weight is 276 g/mol. The lowest BCUT2D eigenvalue weighted by Gasteiger charge is -2.11.